The number of hydrogen-bond donors (Lipinski definition) is 2. The van der Waals surface area contributed by atoms with Crippen LogP contribution in [0.5, 0.6) is 0 Å². The normalized spacial score (nSPS) is 14.8. The van der Waals surface area contributed by atoms with E-state index in [1.165, 1.54) is 5.56 Å². The molecular weight excluding hydrogens is 362 g/mol. The standard InChI is InChI=1S/C19H19N5O2S/c1-3-13-7-9-15(10-8-13)21-19-22-18-16(14-11-20-24(2)12-14)5-4-6-17(18)27(25,26)23-19/h4-12H,3H2,1-2H3,(H2,21,22,23). The Hall–Kier alpha value is -3.13. The molecule has 0 fully saturated rings. The van der Waals surface area contributed by atoms with Gasteiger partial charge in [-0.05, 0) is 30.2 Å². The topological polar surface area (TPSA) is 88.4 Å². The minimum absolute atomic E-state index is 0.149. The SMILES string of the molecule is CCc1ccc(NC2=NS(=O)(=O)c3cccc(-c4cnn(C)c4)c3N2)cc1. The summed E-state index contributed by atoms with van der Waals surface area (Å²) in [7, 11) is -2.00. The van der Waals surface area contributed by atoms with Crippen LogP contribution >= 0.6 is 0 Å². The smallest absolute Gasteiger partial charge is 0.287 e. The first kappa shape index (κ1) is 17.3. The van der Waals surface area contributed by atoms with Gasteiger partial charge < -0.3 is 10.6 Å². The Bertz CT molecular complexity index is 1130. The van der Waals surface area contributed by atoms with Gasteiger partial charge >= 0.3 is 0 Å². The fourth-order valence-electron chi connectivity index (χ4n) is 3.00. The van der Waals surface area contributed by atoms with Crippen LogP contribution in [0, 0.1) is 0 Å². The highest BCUT2D eigenvalue weighted by molar-refractivity contribution is 7.90. The van der Waals surface area contributed by atoms with Gasteiger partial charge in [0.05, 0.1) is 11.9 Å². The van der Waals surface area contributed by atoms with Gasteiger partial charge in [0.1, 0.15) is 4.90 Å². The molecule has 1 aliphatic heterocycles. The second-order valence-electron chi connectivity index (χ2n) is 6.30. The Labute approximate surface area is 157 Å². The lowest BCUT2D eigenvalue weighted by molar-refractivity contribution is 0.598. The number of aromatic nitrogens is 2. The summed E-state index contributed by atoms with van der Waals surface area (Å²) in [6.07, 6.45) is 4.48. The second kappa shape index (κ2) is 6.55. The fourth-order valence-corrected chi connectivity index (χ4v) is 4.10. The molecule has 4 rings (SSSR count). The summed E-state index contributed by atoms with van der Waals surface area (Å²) in [5, 5.41) is 10.4. The molecule has 0 bridgehead atoms. The minimum atomic E-state index is -3.81. The fraction of sp³-hybridized carbons (Fsp3) is 0.158. The van der Waals surface area contributed by atoms with Gasteiger partial charge in [0.15, 0.2) is 0 Å². The molecule has 0 saturated heterocycles. The average Bonchev–Trinajstić information content (AvgIpc) is 3.08. The van der Waals surface area contributed by atoms with Crippen molar-refractivity contribution in [3.8, 4) is 11.1 Å². The molecule has 2 N–H and O–H groups in total. The molecule has 0 aliphatic carbocycles. The van der Waals surface area contributed by atoms with E-state index >= 15 is 0 Å². The van der Waals surface area contributed by atoms with Crippen LogP contribution in [0.4, 0.5) is 11.4 Å². The van der Waals surface area contributed by atoms with Crippen molar-refractivity contribution in [2.24, 2.45) is 11.4 Å². The van der Waals surface area contributed by atoms with E-state index in [1.54, 1.807) is 23.0 Å². The van der Waals surface area contributed by atoms with Gasteiger partial charge in [-0.1, -0.05) is 31.2 Å². The highest BCUT2D eigenvalue weighted by Gasteiger charge is 2.27. The number of nitrogens with zero attached hydrogens (tertiary/aromatic N) is 3. The molecule has 138 valence electrons. The summed E-state index contributed by atoms with van der Waals surface area (Å²) >= 11 is 0. The van der Waals surface area contributed by atoms with Gasteiger partial charge in [-0.2, -0.15) is 13.5 Å². The summed E-state index contributed by atoms with van der Waals surface area (Å²) in [6.45, 7) is 2.08. The van der Waals surface area contributed by atoms with Crippen LogP contribution in [0.15, 0.2) is 64.2 Å². The Kier molecular flexibility index (Phi) is 4.19. The van der Waals surface area contributed by atoms with E-state index in [0.717, 1.165) is 23.2 Å². The van der Waals surface area contributed by atoms with E-state index in [-0.39, 0.29) is 10.9 Å². The molecule has 8 heteroatoms. The van der Waals surface area contributed by atoms with Crippen LogP contribution in [-0.4, -0.2) is 24.2 Å². The van der Waals surface area contributed by atoms with Crippen molar-refractivity contribution in [3.63, 3.8) is 0 Å². The maximum absolute atomic E-state index is 12.7. The molecule has 0 spiro atoms. The van der Waals surface area contributed by atoms with Crippen molar-refractivity contribution in [1.29, 1.82) is 0 Å². The summed E-state index contributed by atoms with van der Waals surface area (Å²) in [5.41, 5.74) is 4.03. The third kappa shape index (κ3) is 3.31. The van der Waals surface area contributed by atoms with Crippen molar-refractivity contribution in [2.75, 3.05) is 10.6 Å². The zero-order chi connectivity index (χ0) is 19.0. The van der Waals surface area contributed by atoms with E-state index < -0.39 is 10.0 Å². The largest absolute Gasteiger partial charge is 0.325 e. The van der Waals surface area contributed by atoms with Gasteiger partial charge in [0.25, 0.3) is 10.0 Å². The van der Waals surface area contributed by atoms with Gasteiger partial charge in [0.2, 0.25) is 5.96 Å². The third-order valence-electron chi connectivity index (χ3n) is 4.40. The first-order valence-corrected chi connectivity index (χ1v) is 10.0. The zero-order valence-corrected chi connectivity index (χ0v) is 15.8. The molecule has 0 unspecified atom stereocenters. The van der Waals surface area contributed by atoms with Crippen LogP contribution in [-0.2, 0) is 23.5 Å². The van der Waals surface area contributed by atoms with Gasteiger partial charge in [-0.25, -0.2) is 0 Å². The molecule has 2 heterocycles. The van der Waals surface area contributed by atoms with Crippen LogP contribution in [0.3, 0.4) is 0 Å². The number of para-hydroxylation sites is 1. The maximum atomic E-state index is 12.7. The number of fused-ring (bicyclic) bond motifs is 1. The van der Waals surface area contributed by atoms with Crippen molar-refractivity contribution in [1.82, 2.24) is 9.78 Å². The highest BCUT2D eigenvalue weighted by atomic mass is 32.2. The number of sulfonamides is 1. The van der Waals surface area contributed by atoms with Crippen LogP contribution < -0.4 is 10.6 Å². The Morgan fingerprint density at radius 3 is 2.59 bits per heavy atom. The van der Waals surface area contributed by atoms with E-state index in [2.05, 4.69) is 27.1 Å². The minimum Gasteiger partial charge on any atom is -0.325 e. The van der Waals surface area contributed by atoms with Crippen molar-refractivity contribution < 1.29 is 8.42 Å². The quantitative estimate of drug-likeness (QED) is 0.727. The number of anilines is 2. The summed E-state index contributed by atoms with van der Waals surface area (Å²) in [6, 6.07) is 12.9. The predicted molar refractivity (Wildman–Crippen MR) is 106 cm³/mol. The molecule has 3 aromatic rings. The third-order valence-corrected chi connectivity index (χ3v) is 5.72. The Balaban J connectivity index is 1.73. The molecule has 0 amide bonds. The number of aryl methyl sites for hydroxylation is 2. The Morgan fingerprint density at radius 1 is 1.15 bits per heavy atom. The number of nitrogens with one attached hydrogen (secondary N) is 2. The summed E-state index contributed by atoms with van der Waals surface area (Å²) in [5.74, 6) is 0.170. The first-order valence-electron chi connectivity index (χ1n) is 8.56. The van der Waals surface area contributed by atoms with Crippen molar-refractivity contribution in [2.45, 2.75) is 18.2 Å². The molecular formula is C19H19N5O2S. The molecule has 0 radical (unpaired) electrons. The molecule has 0 saturated carbocycles. The number of hydrogen-bond acceptors (Lipinski definition) is 5. The van der Waals surface area contributed by atoms with Crippen LogP contribution in [0.25, 0.3) is 11.1 Å². The second-order valence-corrected chi connectivity index (χ2v) is 7.87. The summed E-state index contributed by atoms with van der Waals surface area (Å²) in [4.78, 5) is 0.149. The number of rotatable bonds is 3. The predicted octanol–water partition coefficient (Wildman–Crippen LogP) is 3.23. The molecule has 1 aliphatic rings. The van der Waals surface area contributed by atoms with E-state index in [4.69, 9.17) is 0 Å². The van der Waals surface area contributed by atoms with E-state index in [1.807, 2.05) is 43.6 Å². The van der Waals surface area contributed by atoms with Gasteiger partial charge in [-0.15, -0.1) is 4.40 Å². The maximum Gasteiger partial charge on any atom is 0.287 e. The highest BCUT2D eigenvalue weighted by Crippen LogP contribution is 2.36. The lowest BCUT2D eigenvalue weighted by Crippen LogP contribution is -2.28. The molecule has 2 aromatic carbocycles. The van der Waals surface area contributed by atoms with Gasteiger partial charge in [-0.3, -0.25) is 4.68 Å². The first-order chi connectivity index (χ1) is 13.0. The zero-order valence-electron chi connectivity index (χ0n) is 15.0. The lowest BCUT2D eigenvalue weighted by atomic mass is 10.1. The molecule has 0 atom stereocenters. The lowest BCUT2D eigenvalue weighted by Gasteiger charge is -2.21. The van der Waals surface area contributed by atoms with Crippen LogP contribution in [0.2, 0.25) is 0 Å². The summed E-state index contributed by atoms with van der Waals surface area (Å²) < 4.78 is 30.9. The number of benzene rings is 2. The average molecular weight is 381 g/mol. The van der Waals surface area contributed by atoms with Gasteiger partial charge in [0, 0.05) is 30.1 Å². The van der Waals surface area contributed by atoms with Crippen molar-refractivity contribution >= 4 is 27.4 Å². The number of guanidine groups is 1. The van der Waals surface area contributed by atoms with E-state index in [9.17, 15) is 8.42 Å². The monoisotopic (exact) mass is 381 g/mol. The molecule has 7 nitrogen and oxygen atoms in total. The molecule has 27 heavy (non-hydrogen) atoms. The Morgan fingerprint density at radius 2 is 1.93 bits per heavy atom. The van der Waals surface area contributed by atoms with Crippen LogP contribution in [0.1, 0.15) is 12.5 Å². The van der Waals surface area contributed by atoms with Crippen molar-refractivity contribution in [3.05, 3.63) is 60.4 Å². The molecule has 1 aromatic heterocycles. The van der Waals surface area contributed by atoms with E-state index in [0.29, 0.717) is 5.69 Å².